The normalized spacial score (nSPS) is 20.3. The lowest BCUT2D eigenvalue weighted by Crippen LogP contribution is -2.53. The molecule has 3 amide bonds. The van der Waals surface area contributed by atoms with Gasteiger partial charge in [-0.2, -0.15) is 5.10 Å². The number of amides is 3. The molecule has 1 aromatic carbocycles. The smallest absolute Gasteiger partial charge is 0.324 e. The lowest BCUT2D eigenvalue weighted by atomic mass is 9.92. The molecule has 2 unspecified atom stereocenters. The molecule has 0 radical (unpaired) electrons. The number of nitrogens with one attached hydrogen (secondary N) is 4. The second kappa shape index (κ2) is 8.10. The van der Waals surface area contributed by atoms with E-state index >= 15 is 0 Å². The highest BCUT2D eigenvalue weighted by Crippen LogP contribution is 2.34. The van der Waals surface area contributed by atoms with Crippen LogP contribution in [0.2, 0.25) is 0 Å². The van der Waals surface area contributed by atoms with Crippen molar-refractivity contribution in [3.8, 4) is 11.5 Å². The van der Waals surface area contributed by atoms with Crippen LogP contribution in [0.5, 0.6) is 11.5 Å². The number of fused-ring (bicyclic) bond motifs is 1. The summed E-state index contributed by atoms with van der Waals surface area (Å²) in [4.78, 5) is 24.9. The molecule has 0 bridgehead atoms. The molecular formula is C21H28N6O4. The fraction of sp³-hybridized carbons (Fsp3) is 0.476. The number of carbonyl (C=O) groups excluding carboxylic acids is 2. The highest BCUT2D eigenvalue weighted by Gasteiger charge is 2.30. The van der Waals surface area contributed by atoms with Crippen LogP contribution in [0.25, 0.3) is 0 Å². The first-order valence-electron chi connectivity index (χ1n) is 10.4. The molecule has 0 spiro atoms. The number of hydrogen-bond acceptors (Lipinski definition) is 6. The van der Waals surface area contributed by atoms with E-state index in [9.17, 15) is 9.59 Å². The molecule has 10 heteroatoms. The van der Waals surface area contributed by atoms with Crippen LogP contribution in [0.3, 0.4) is 0 Å². The van der Waals surface area contributed by atoms with Crippen molar-refractivity contribution >= 4 is 23.4 Å². The van der Waals surface area contributed by atoms with Crippen molar-refractivity contribution in [2.45, 2.75) is 58.3 Å². The summed E-state index contributed by atoms with van der Waals surface area (Å²) in [5.41, 5.74) is 1.12. The lowest BCUT2D eigenvalue weighted by Gasteiger charge is -2.32. The van der Waals surface area contributed by atoms with Gasteiger partial charge in [0.1, 0.15) is 5.82 Å². The Bertz CT molecular complexity index is 996. The summed E-state index contributed by atoms with van der Waals surface area (Å²) < 4.78 is 12.3. The third-order valence-electron chi connectivity index (χ3n) is 5.24. The van der Waals surface area contributed by atoms with Crippen LogP contribution >= 0.6 is 0 Å². The van der Waals surface area contributed by atoms with E-state index in [1.165, 1.54) is 0 Å². The van der Waals surface area contributed by atoms with Crippen LogP contribution in [0.15, 0.2) is 24.3 Å². The summed E-state index contributed by atoms with van der Waals surface area (Å²) in [6, 6.07) is 6.61. The van der Waals surface area contributed by atoms with E-state index in [0.29, 0.717) is 29.4 Å². The predicted molar refractivity (Wildman–Crippen MR) is 115 cm³/mol. The Morgan fingerprint density at radius 1 is 1.23 bits per heavy atom. The molecule has 2 aliphatic rings. The summed E-state index contributed by atoms with van der Waals surface area (Å²) in [5, 5.41) is 16.6. The molecule has 4 N–H and O–H groups in total. The standard InChI is InChI=1S/C21H28N6O4/c1-5-12-9-18(28)25-19(22-12)27-17(10-16(26-27)21(2,3)4)24-20(29)23-13-6-7-14-15(8-13)31-11-30-14/h6-8,10,12,19,22H,5,9,11H2,1-4H3,(H,25,28)(H2,23,24,29). The molecule has 1 aromatic heterocycles. The summed E-state index contributed by atoms with van der Waals surface area (Å²) in [7, 11) is 0. The molecular weight excluding hydrogens is 400 g/mol. The van der Waals surface area contributed by atoms with E-state index in [1.807, 2.05) is 33.8 Å². The zero-order valence-electron chi connectivity index (χ0n) is 18.1. The van der Waals surface area contributed by atoms with Crippen molar-refractivity contribution in [3.05, 3.63) is 30.0 Å². The topological polar surface area (TPSA) is 119 Å². The number of aromatic nitrogens is 2. The van der Waals surface area contributed by atoms with Crippen LogP contribution in [0.1, 0.15) is 52.5 Å². The first kappa shape index (κ1) is 21.0. The Hall–Kier alpha value is -3.27. The van der Waals surface area contributed by atoms with Gasteiger partial charge >= 0.3 is 6.03 Å². The number of ether oxygens (including phenoxy) is 2. The van der Waals surface area contributed by atoms with Crippen molar-refractivity contribution in [2.75, 3.05) is 17.4 Å². The predicted octanol–water partition coefficient (Wildman–Crippen LogP) is 2.90. The van der Waals surface area contributed by atoms with Gasteiger partial charge in [-0.1, -0.05) is 27.7 Å². The Balaban J connectivity index is 1.55. The third-order valence-corrected chi connectivity index (χ3v) is 5.24. The van der Waals surface area contributed by atoms with Crippen LogP contribution in [-0.4, -0.2) is 34.6 Å². The summed E-state index contributed by atoms with van der Waals surface area (Å²) in [6.07, 6.45) is 0.668. The van der Waals surface area contributed by atoms with Gasteiger partial charge in [0.15, 0.2) is 17.8 Å². The molecule has 0 aliphatic carbocycles. The van der Waals surface area contributed by atoms with E-state index < -0.39 is 12.3 Å². The van der Waals surface area contributed by atoms with Crippen LogP contribution in [-0.2, 0) is 10.2 Å². The van der Waals surface area contributed by atoms with Gasteiger partial charge in [-0.15, -0.1) is 0 Å². The van der Waals surface area contributed by atoms with Gasteiger partial charge in [0.25, 0.3) is 0 Å². The van der Waals surface area contributed by atoms with Gasteiger partial charge in [0.05, 0.1) is 5.69 Å². The van der Waals surface area contributed by atoms with E-state index in [2.05, 4.69) is 26.4 Å². The van der Waals surface area contributed by atoms with Gasteiger partial charge in [-0.05, 0) is 18.6 Å². The van der Waals surface area contributed by atoms with Gasteiger partial charge in [-0.3, -0.25) is 15.4 Å². The number of nitrogens with zero attached hydrogens (tertiary/aromatic N) is 2. The molecule has 2 atom stereocenters. The third kappa shape index (κ3) is 4.58. The maximum Gasteiger partial charge on any atom is 0.324 e. The summed E-state index contributed by atoms with van der Waals surface area (Å²) in [6.45, 7) is 8.31. The lowest BCUT2D eigenvalue weighted by molar-refractivity contribution is -0.125. The Morgan fingerprint density at radius 3 is 2.74 bits per heavy atom. The molecule has 1 saturated heterocycles. The maximum atomic E-state index is 12.7. The average Bonchev–Trinajstić information content (AvgIpc) is 3.33. The minimum atomic E-state index is -0.553. The van der Waals surface area contributed by atoms with E-state index in [-0.39, 0.29) is 24.2 Å². The van der Waals surface area contributed by atoms with Gasteiger partial charge < -0.3 is 20.1 Å². The van der Waals surface area contributed by atoms with E-state index in [0.717, 1.165) is 12.1 Å². The highest BCUT2D eigenvalue weighted by atomic mass is 16.7. The van der Waals surface area contributed by atoms with Crippen molar-refractivity contribution in [1.82, 2.24) is 20.4 Å². The van der Waals surface area contributed by atoms with E-state index in [1.54, 1.807) is 22.9 Å². The maximum absolute atomic E-state index is 12.7. The second-order valence-corrected chi connectivity index (χ2v) is 8.70. The van der Waals surface area contributed by atoms with Crippen LogP contribution in [0.4, 0.5) is 16.3 Å². The molecule has 2 aromatic rings. The number of benzene rings is 1. The number of carbonyl (C=O) groups is 2. The van der Waals surface area contributed by atoms with Gasteiger partial charge in [-0.25, -0.2) is 9.48 Å². The SMILES string of the molecule is CCC1CC(=O)NC(n2nc(C(C)(C)C)cc2NC(=O)Nc2ccc3c(c2)OCO3)N1. The zero-order valence-corrected chi connectivity index (χ0v) is 18.1. The van der Waals surface area contributed by atoms with E-state index in [4.69, 9.17) is 9.47 Å². The van der Waals surface area contributed by atoms with Crippen molar-refractivity contribution < 1.29 is 19.1 Å². The van der Waals surface area contributed by atoms with Crippen molar-refractivity contribution in [1.29, 1.82) is 0 Å². The highest BCUT2D eigenvalue weighted by molar-refractivity contribution is 5.99. The average molecular weight is 428 g/mol. The summed E-state index contributed by atoms with van der Waals surface area (Å²) >= 11 is 0. The fourth-order valence-electron chi connectivity index (χ4n) is 3.46. The van der Waals surface area contributed by atoms with Crippen LogP contribution in [0, 0.1) is 0 Å². The fourth-order valence-corrected chi connectivity index (χ4v) is 3.46. The molecule has 0 saturated carbocycles. The molecule has 4 rings (SSSR count). The number of hydrogen-bond donors (Lipinski definition) is 4. The molecule has 166 valence electrons. The molecule has 10 nitrogen and oxygen atoms in total. The molecule has 3 heterocycles. The quantitative estimate of drug-likeness (QED) is 0.595. The first-order chi connectivity index (χ1) is 14.7. The Kier molecular flexibility index (Phi) is 5.48. The molecule has 2 aliphatic heterocycles. The van der Waals surface area contributed by atoms with Gasteiger partial charge in [0, 0.05) is 35.7 Å². The molecule has 31 heavy (non-hydrogen) atoms. The minimum Gasteiger partial charge on any atom is -0.454 e. The number of urea groups is 1. The summed E-state index contributed by atoms with van der Waals surface area (Å²) in [5.74, 6) is 1.64. The number of anilines is 2. The van der Waals surface area contributed by atoms with Crippen molar-refractivity contribution in [2.24, 2.45) is 0 Å². The largest absolute Gasteiger partial charge is 0.454 e. The van der Waals surface area contributed by atoms with Gasteiger partial charge in [0.2, 0.25) is 12.7 Å². The minimum absolute atomic E-state index is 0.0383. The Labute approximate surface area is 180 Å². The zero-order chi connectivity index (χ0) is 22.2. The van der Waals surface area contributed by atoms with Crippen LogP contribution < -0.4 is 30.7 Å². The first-order valence-corrected chi connectivity index (χ1v) is 10.4. The Morgan fingerprint density at radius 2 is 2.00 bits per heavy atom. The second-order valence-electron chi connectivity index (χ2n) is 8.70. The number of rotatable bonds is 4. The molecule has 1 fully saturated rings. The monoisotopic (exact) mass is 428 g/mol. The van der Waals surface area contributed by atoms with Crippen molar-refractivity contribution in [3.63, 3.8) is 0 Å².